The Hall–Kier alpha value is -1.55. The van der Waals surface area contributed by atoms with Gasteiger partial charge in [0.25, 0.3) is 5.91 Å². The van der Waals surface area contributed by atoms with Gasteiger partial charge in [0.05, 0.1) is 31.1 Å². The van der Waals surface area contributed by atoms with Crippen LogP contribution in [0.2, 0.25) is 0 Å². The number of carbonyl (C=O) groups is 1. The summed E-state index contributed by atoms with van der Waals surface area (Å²) in [7, 11) is -3.32. The average Bonchev–Trinajstić information content (AvgIpc) is 2.56. The fourth-order valence-electron chi connectivity index (χ4n) is 3.34. The molecular weight excluding hydrogens is 356 g/mol. The van der Waals surface area contributed by atoms with Gasteiger partial charge in [-0.15, -0.1) is 0 Å². The largest absolute Gasteiger partial charge is 0.379 e. The van der Waals surface area contributed by atoms with Crippen molar-refractivity contribution in [3.63, 3.8) is 0 Å². The lowest BCUT2D eigenvalue weighted by atomic mass is 10.1. The Labute approximate surface area is 154 Å². The van der Waals surface area contributed by atoms with Gasteiger partial charge in [-0.3, -0.25) is 14.7 Å². The molecule has 0 aromatic carbocycles. The van der Waals surface area contributed by atoms with Crippen LogP contribution in [0.4, 0.5) is 0 Å². The van der Waals surface area contributed by atoms with Gasteiger partial charge in [-0.05, 0) is 18.6 Å². The molecule has 1 aromatic heterocycles. The Balaban J connectivity index is 1.57. The summed E-state index contributed by atoms with van der Waals surface area (Å²) in [5.74, 6) is -0.0981. The van der Waals surface area contributed by atoms with Crippen molar-refractivity contribution in [3.05, 3.63) is 29.6 Å². The molecule has 2 aliphatic rings. The lowest BCUT2D eigenvalue weighted by Gasteiger charge is -2.44. The highest BCUT2D eigenvalue weighted by Gasteiger charge is 2.39. The maximum Gasteiger partial charge on any atom is 0.255 e. The quantitative estimate of drug-likeness (QED) is 0.678. The highest BCUT2D eigenvalue weighted by Crippen LogP contribution is 2.20. The minimum atomic E-state index is -3.32. The van der Waals surface area contributed by atoms with E-state index in [0.29, 0.717) is 45.0 Å². The number of rotatable bonds is 6. The highest BCUT2D eigenvalue weighted by atomic mass is 32.2. The van der Waals surface area contributed by atoms with E-state index in [1.165, 1.54) is 10.6 Å². The molecule has 144 valence electrons. The third-order valence-electron chi connectivity index (χ3n) is 4.84. The summed E-state index contributed by atoms with van der Waals surface area (Å²) < 4.78 is 31.2. The average molecular weight is 382 g/mol. The molecule has 0 atom stereocenters. The molecule has 3 rings (SSSR count). The van der Waals surface area contributed by atoms with Crippen molar-refractivity contribution >= 4 is 15.9 Å². The van der Waals surface area contributed by atoms with Crippen molar-refractivity contribution in [1.82, 2.24) is 19.1 Å². The fourth-order valence-corrected chi connectivity index (χ4v) is 4.43. The zero-order chi connectivity index (χ0) is 18.7. The van der Waals surface area contributed by atoms with E-state index in [2.05, 4.69) is 9.88 Å². The molecule has 2 saturated heterocycles. The molecule has 26 heavy (non-hydrogen) atoms. The molecule has 0 saturated carbocycles. The van der Waals surface area contributed by atoms with Crippen molar-refractivity contribution in [1.29, 1.82) is 0 Å². The molecule has 1 amide bonds. The second-order valence-electron chi connectivity index (χ2n) is 6.94. The van der Waals surface area contributed by atoms with Gasteiger partial charge < -0.3 is 9.64 Å². The first kappa shape index (κ1) is 19.2. The monoisotopic (exact) mass is 382 g/mol. The number of sulfonamides is 1. The van der Waals surface area contributed by atoms with Crippen LogP contribution in [0.15, 0.2) is 18.5 Å². The van der Waals surface area contributed by atoms with Crippen molar-refractivity contribution in [2.24, 2.45) is 0 Å². The minimum absolute atomic E-state index is 0.0981. The zero-order valence-electron chi connectivity index (χ0n) is 15.3. The van der Waals surface area contributed by atoms with Crippen LogP contribution in [-0.4, -0.2) is 98.2 Å². The molecule has 2 fully saturated rings. The number of carbonyl (C=O) groups excluding carboxylic acids is 1. The van der Waals surface area contributed by atoms with E-state index in [1.807, 2.05) is 6.92 Å². The standard InChI is InChI=1S/C17H26N4O4S/c1-14-9-15(11-18-10-14)17(22)20-12-16(13-20)21(26(2,23)24)4-3-19-5-7-25-8-6-19/h9-11,16H,3-8,12-13H2,1-2H3. The molecule has 0 radical (unpaired) electrons. The van der Waals surface area contributed by atoms with E-state index in [4.69, 9.17) is 4.74 Å². The molecule has 2 aliphatic heterocycles. The van der Waals surface area contributed by atoms with Gasteiger partial charge in [-0.25, -0.2) is 8.42 Å². The SMILES string of the molecule is Cc1cncc(C(=O)N2CC(N(CCN3CCOCC3)S(C)(=O)=O)C2)c1. The molecule has 0 spiro atoms. The van der Waals surface area contributed by atoms with Gasteiger partial charge in [0, 0.05) is 51.7 Å². The van der Waals surface area contributed by atoms with Crippen LogP contribution in [0.5, 0.6) is 0 Å². The Morgan fingerprint density at radius 1 is 1.31 bits per heavy atom. The Bertz CT molecular complexity index is 743. The summed E-state index contributed by atoms with van der Waals surface area (Å²) in [5.41, 5.74) is 1.47. The molecule has 0 bridgehead atoms. The van der Waals surface area contributed by atoms with Crippen molar-refractivity contribution in [3.8, 4) is 0 Å². The van der Waals surface area contributed by atoms with Gasteiger partial charge in [0.1, 0.15) is 0 Å². The van der Waals surface area contributed by atoms with Crippen LogP contribution in [0, 0.1) is 6.92 Å². The van der Waals surface area contributed by atoms with Crippen LogP contribution in [0.1, 0.15) is 15.9 Å². The maximum absolute atomic E-state index is 12.5. The predicted octanol–water partition coefficient (Wildman–Crippen LogP) is -0.192. The third-order valence-corrected chi connectivity index (χ3v) is 6.18. The first-order chi connectivity index (χ1) is 12.3. The normalized spacial score (nSPS) is 19.6. The van der Waals surface area contributed by atoms with E-state index in [1.54, 1.807) is 23.4 Å². The Kier molecular flexibility index (Phi) is 5.91. The summed E-state index contributed by atoms with van der Waals surface area (Å²) in [5, 5.41) is 0. The van der Waals surface area contributed by atoms with E-state index in [-0.39, 0.29) is 11.9 Å². The highest BCUT2D eigenvalue weighted by molar-refractivity contribution is 7.88. The first-order valence-electron chi connectivity index (χ1n) is 8.82. The summed E-state index contributed by atoms with van der Waals surface area (Å²) in [4.78, 5) is 20.4. The molecule has 9 heteroatoms. The van der Waals surface area contributed by atoms with E-state index >= 15 is 0 Å². The number of pyridine rings is 1. The molecule has 8 nitrogen and oxygen atoms in total. The van der Waals surface area contributed by atoms with Gasteiger partial charge in [0.2, 0.25) is 10.0 Å². The zero-order valence-corrected chi connectivity index (χ0v) is 16.1. The molecule has 3 heterocycles. The number of likely N-dealkylation sites (tertiary alicyclic amines) is 1. The third kappa shape index (κ3) is 4.59. The van der Waals surface area contributed by atoms with Crippen LogP contribution < -0.4 is 0 Å². The maximum atomic E-state index is 12.5. The number of hydrogen-bond donors (Lipinski definition) is 0. The van der Waals surface area contributed by atoms with Gasteiger partial charge in [-0.1, -0.05) is 0 Å². The number of morpholine rings is 1. The number of amides is 1. The fraction of sp³-hybridized carbons (Fsp3) is 0.647. The molecule has 0 N–H and O–H groups in total. The van der Waals surface area contributed by atoms with E-state index in [0.717, 1.165) is 18.7 Å². The molecule has 1 aromatic rings. The smallest absolute Gasteiger partial charge is 0.255 e. The van der Waals surface area contributed by atoms with Crippen LogP contribution in [0.25, 0.3) is 0 Å². The number of aromatic nitrogens is 1. The predicted molar refractivity (Wildman–Crippen MR) is 97.5 cm³/mol. The molecular formula is C17H26N4O4S. The van der Waals surface area contributed by atoms with Crippen LogP contribution in [-0.2, 0) is 14.8 Å². The Morgan fingerprint density at radius 3 is 2.62 bits per heavy atom. The van der Waals surface area contributed by atoms with Gasteiger partial charge in [-0.2, -0.15) is 4.31 Å². The second-order valence-corrected chi connectivity index (χ2v) is 8.88. The van der Waals surface area contributed by atoms with Crippen molar-refractivity contribution < 1.29 is 17.9 Å². The van der Waals surface area contributed by atoms with Crippen LogP contribution >= 0.6 is 0 Å². The van der Waals surface area contributed by atoms with E-state index < -0.39 is 10.0 Å². The number of aryl methyl sites for hydroxylation is 1. The molecule has 0 aliphatic carbocycles. The summed E-state index contributed by atoms with van der Waals surface area (Å²) in [6.45, 7) is 6.89. The summed E-state index contributed by atoms with van der Waals surface area (Å²) in [6.07, 6.45) is 4.49. The van der Waals surface area contributed by atoms with Crippen LogP contribution in [0.3, 0.4) is 0 Å². The summed E-state index contributed by atoms with van der Waals surface area (Å²) >= 11 is 0. The lowest BCUT2D eigenvalue weighted by molar-refractivity contribution is 0.0269. The van der Waals surface area contributed by atoms with Crippen molar-refractivity contribution in [2.45, 2.75) is 13.0 Å². The topological polar surface area (TPSA) is 83.1 Å². The Morgan fingerprint density at radius 2 is 2.00 bits per heavy atom. The number of nitrogens with zero attached hydrogens (tertiary/aromatic N) is 4. The molecule has 0 unspecified atom stereocenters. The van der Waals surface area contributed by atoms with Gasteiger partial charge >= 0.3 is 0 Å². The van der Waals surface area contributed by atoms with Crippen molar-refractivity contribution in [2.75, 3.05) is 58.7 Å². The first-order valence-corrected chi connectivity index (χ1v) is 10.7. The number of ether oxygens (including phenoxy) is 1. The second kappa shape index (κ2) is 7.99. The van der Waals surface area contributed by atoms with E-state index in [9.17, 15) is 13.2 Å². The summed E-state index contributed by atoms with van der Waals surface area (Å²) in [6, 6.07) is 1.64. The van der Waals surface area contributed by atoms with Gasteiger partial charge in [0.15, 0.2) is 0 Å². The number of hydrogen-bond acceptors (Lipinski definition) is 6. The lowest BCUT2D eigenvalue weighted by Crippen LogP contribution is -2.63. The minimum Gasteiger partial charge on any atom is -0.379 e.